The van der Waals surface area contributed by atoms with Crippen LogP contribution in [-0.4, -0.2) is 43.2 Å². The van der Waals surface area contributed by atoms with E-state index in [1.807, 2.05) is 27.7 Å². The minimum atomic E-state index is -0.416. The van der Waals surface area contributed by atoms with Crippen LogP contribution in [0, 0.1) is 10.8 Å². The van der Waals surface area contributed by atoms with Crippen LogP contribution in [0.25, 0.3) is 0 Å². The molecule has 0 radical (unpaired) electrons. The van der Waals surface area contributed by atoms with E-state index in [1.165, 1.54) is 64.2 Å². The fourth-order valence-corrected chi connectivity index (χ4v) is 6.12. The van der Waals surface area contributed by atoms with E-state index in [0.29, 0.717) is 19.3 Å². The fraction of sp³-hybridized carbons (Fsp3) is 0.950. The van der Waals surface area contributed by atoms with E-state index in [1.54, 1.807) is 0 Å². The summed E-state index contributed by atoms with van der Waals surface area (Å²) in [4.78, 5) is 25.3. The summed E-state index contributed by atoms with van der Waals surface area (Å²) in [6, 6.07) is 0. The number of unbranched alkanes of at least 4 members (excludes halogenated alkanes) is 16. The lowest BCUT2D eigenvalue weighted by molar-refractivity contribution is -0.155. The van der Waals surface area contributed by atoms with E-state index in [0.717, 1.165) is 108 Å². The van der Waals surface area contributed by atoms with Crippen molar-refractivity contribution in [3.05, 3.63) is 0 Å². The van der Waals surface area contributed by atoms with Gasteiger partial charge in [-0.15, -0.1) is 0 Å². The van der Waals surface area contributed by atoms with Gasteiger partial charge < -0.3 is 14.2 Å². The van der Waals surface area contributed by atoms with Gasteiger partial charge in [0.25, 0.3) is 0 Å². The highest BCUT2D eigenvalue weighted by Gasteiger charge is 2.29. The van der Waals surface area contributed by atoms with Gasteiger partial charge in [0.05, 0.1) is 30.1 Å². The summed E-state index contributed by atoms with van der Waals surface area (Å²) < 4.78 is 17.5. The van der Waals surface area contributed by atoms with Crippen LogP contribution in [0.2, 0.25) is 0 Å². The maximum absolute atomic E-state index is 12.7. The molecule has 0 aliphatic carbocycles. The highest BCUT2D eigenvalue weighted by molar-refractivity contribution is 9.09. The van der Waals surface area contributed by atoms with Gasteiger partial charge in [0.2, 0.25) is 0 Å². The number of hydrogen-bond donors (Lipinski definition) is 0. The summed E-state index contributed by atoms with van der Waals surface area (Å²) in [6.45, 7) is 14.5. The highest BCUT2D eigenvalue weighted by atomic mass is 79.9. The fourth-order valence-electron chi connectivity index (χ4n) is 5.89. The number of ether oxygens (including phenoxy) is 3. The summed E-state index contributed by atoms with van der Waals surface area (Å²) in [5.74, 6) is -0.0851. The monoisotopic (exact) mass is 716 g/mol. The van der Waals surface area contributed by atoms with Gasteiger partial charge in [-0.25, -0.2) is 0 Å². The first-order valence-electron chi connectivity index (χ1n) is 19.6. The topological polar surface area (TPSA) is 61.8 Å². The lowest BCUT2D eigenvalue weighted by atomic mass is 9.86. The Hall–Kier alpha value is -0.620. The number of hydrogen-bond acceptors (Lipinski definition) is 5. The Labute approximate surface area is 295 Å². The first kappa shape index (κ1) is 45.4. The molecule has 0 aromatic carbocycles. The Morgan fingerprint density at radius 1 is 0.500 bits per heavy atom. The average Bonchev–Trinajstić information content (AvgIpc) is 3.02. The molecule has 0 spiro atoms. The van der Waals surface area contributed by atoms with Crippen LogP contribution >= 0.6 is 15.9 Å². The third-order valence-corrected chi connectivity index (χ3v) is 9.92. The molecule has 0 aliphatic rings. The lowest BCUT2D eigenvalue weighted by Crippen LogP contribution is -2.27. The van der Waals surface area contributed by atoms with Gasteiger partial charge in [-0.1, -0.05) is 145 Å². The second-order valence-electron chi connectivity index (χ2n) is 15.0. The molecule has 0 unspecified atom stereocenters. The number of halogens is 1. The number of carbonyl (C=O) groups is 2. The number of alkyl halides is 1. The third kappa shape index (κ3) is 26.3. The Morgan fingerprint density at radius 3 is 1.26 bits per heavy atom. The van der Waals surface area contributed by atoms with Crippen molar-refractivity contribution in [2.75, 3.05) is 25.2 Å². The normalized spacial score (nSPS) is 12.2. The molecule has 0 heterocycles. The molecule has 0 bridgehead atoms. The second-order valence-corrected chi connectivity index (χ2v) is 15.8. The molecule has 46 heavy (non-hydrogen) atoms. The summed E-state index contributed by atoms with van der Waals surface area (Å²) >= 11 is 3.52. The summed E-state index contributed by atoms with van der Waals surface area (Å²) in [5, 5.41) is 0.966. The van der Waals surface area contributed by atoms with Gasteiger partial charge in [-0.3, -0.25) is 9.59 Å². The SMILES string of the molecule is CCCCCCCCCOC(=O)C(C)(C)CCCCCC(CCCCCC(C)(C)C(=O)OCCCCCCCCC)OCCCBr. The number of carbonyl (C=O) groups excluding carboxylic acids is 2. The largest absolute Gasteiger partial charge is 0.465 e. The zero-order valence-electron chi connectivity index (χ0n) is 31.5. The molecule has 0 N–H and O–H groups in total. The molecule has 6 heteroatoms. The van der Waals surface area contributed by atoms with Crippen molar-refractivity contribution < 1.29 is 23.8 Å². The average molecular weight is 718 g/mol. The minimum absolute atomic E-state index is 0.0425. The van der Waals surface area contributed by atoms with E-state index in [9.17, 15) is 9.59 Å². The van der Waals surface area contributed by atoms with E-state index in [4.69, 9.17) is 14.2 Å². The van der Waals surface area contributed by atoms with Crippen LogP contribution in [0.5, 0.6) is 0 Å². The Morgan fingerprint density at radius 2 is 0.870 bits per heavy atom. The molecule has 274 valence electrons. The second kappa shape index (κ2) is 30.4. The van der Waals surface area contributed by atoms with Crippen LogP contribution in [0.1, 0.15) is 202 Å². The Bertz CT molecular complexity index is 654. The van der Waals surface area contributed by atoms with Crippen molar-refractivity contribution in [1.82, 2.24) is 0 Å². The van der Waals surface area contributed by atoms with Gasteiger partial charge in [-0.05, 0) is 72.6 Å². The molecule has 0 aromatic heterocycles. The molecule has 0 rings (SSSR count). The zero-order chi connectivity index (χ0) is 34.4. The molecular formula is C40H77BrO5. The molecule has 0 atom stereocenters. The van der Waals surface area contributed by atoms with Gasteiger partial charge in [-0.2, -0.15) is 0 Å². The quantitative estimate of drug-likeness (QED) is 0.0377. The first-order chi connectivity index (χ1) is 22.1. The third-order valence-electron chi connectivity index (χ3n) is 9.35. The highest BCUT2D eigenvalue weighted by Crippen LogP contribution is 2.28. The molecular weight excluding hydrogens is 640 g/mol. The van der Waals surface area contributed by atoms with Gasteiger partial charge >= 0.3 is 11.9 Å². The van der Waals surface area contributed by atoms with Crippen LogP contribution in [0.4, 0.5) is 0 Å². The molecule has 0 aliphatic heterocycles. The van der Waals surface area contributed by atoms with Crippen molar-refractivity contribution in [1.29, 1.82) is 0 Å². The molecule has 5 nitrogen and oxygen atoms in total. The van der Waals surface area contributed by atoms with E-state index in [-0.39, 0.29) is 11.9 Å². The predicted molar refractivity (Wildman–Crippen MR) is 200 cm³/mol. The number of rotatable bonds is 34. The summed E-state index contributed by atoms with van der Waals surface area (Å²) in [7, 11) is 0. The number of esters is 2. The lowest BCUT2D eigenvalue weighted by Gasteiger charge is -2.23. The van der Waals surface area contributed by atoms with Crippen LogP contribution in [0.15, 0.2) is 0 Å². The minimum Gasteiger partial charge on any atom is -0.465 e. The van der Waals surface area contributed by atoms with Crippen molar-refractivity contribution in [3.8, 4) is 0 Å². The van der Waals surface area contributed by atoms with Crippen LogP contribution < -0.4 is 0 Å². The zero-order valence-corrected chi connectivity index (χ0v) is 33.1. The molecule has 0 saturated heterocycles. The van der Waals surface area contributed by atoms with E-state index >= 15 is 0 Å². The van der Waals surface area contributed by atoms with Crippen molar-refractivity contribution in [2.45, 2.75) is 208 Å². The first-order valence-corrected chi connectivity index (χ1v) is 20.7. The smallest absolute Gasteiger partial charge is 0.311 e. The summed E-state index contributed by atoms with van der Waals surface area (Å²) in [6.07, 6.45) is 29.0. The predicted octanol–water partition coefficient (Wildman–Crippen LogP) is 12.7. The molecule has 0 saturated carbocycles. The maximum Gasteiger partial charge on any atom is 0.311 e. The molecule has 0 fully saturated rings. The molecule has 0 amide bonds. The Balaban J connectivity index is 4.19. The van der Waals surface area contributed by atoms with Gasteiger partial charge in [0.1, 0.15) is 0 Å². The van der Waals surface area contributed by atoms with Crippen molar-refractivity contribution in [2.24, 2.45) is 10.8 Å². The van der Waals surface area contributed by atoms with Gasteiger partial charge in [0, 0.05) is 11.9 Å². The van der Waals surface area contributed by atoms with E-state index in [2.05, 4.69) is 29.8 Å². The van der Waals surface area contributed by atoms with Crippen molar-refractivity contribution >= 4 is 27.9 Å². The molecule has 0 aromatic rings. The van der Waals surface area contributed by atoms with Crippen molar-refractivity contribution in [3.63, 3.8) is 0 Å². The van der Waals surface area contributed by atoms with Crippen LogP contribution in [0.3, 0.4) is 0 Å². The standard InChI is InChI=1S/C40H77BrO5/c1-7-9-11-13-15-17-25-33-45-37(42)39(3,4)30-23-19-21-28-36(44-35-27-32-41)29-22-20-24-31-40(5,6)38(43)46-34-26-18-16-14-12-10-8-2/h36H,7-35H2,1-6H3. The van der Waals surface area contributed by atoms with Gasteiger partial charge in [0.15, 0.2) is 0 Å². The Kier molecular flexibility index (Phi) is 30.0. The maximum atomic E-state index is 12.7. The van der Waals surface area contributed by atoms with Crippen LogP contribution in [-0.2, 0) is 23.8 Å². The van der Waals surface area contributed by atoms with E-state index < -0.39 is 10.8 Å². The summed E-state index contributed by atoms with van der Waals surface area (Å²) in [5.41, 5.74) is -0.831.